The number of nitrogens with one attached hydrogen (secondary N) is 1. The molecule has 0 radical (unpaired) electrons. The first-order chi connectivity index (χ1) is 11.1. The van der Waals surface area contributed by atoms with Crippen LogP contribution in [0, 0.1) is 0 Å². The van der Waals surface area contributed by atoms with Crippen LogP contribution in [0.15, 0.2) is 35.2 Å². The van der Waals surface area contributed by atoms with Crippen molar-refractivity contribution in [3.8, 4) is 5.69 Å². The number of anilines is 2. The summed E-state index contributed by atoms with van der Waals surface area (Å²) in [6.45, 7) is 0. The fourth-order valence-electron chi connectivity index (χ4n) is 1.73. The van der Waals surface area contributed by atoms with Gasteiger partial charge in [-0.25, -0.2) is 9.67 Å². The minimum atomic E-state index is -0.201. The van der Waals surface area contributed by atoms with Crippen molar-refractivity contribution in [2.75, 3.05) is 16.8 Å². The summed E-state index contributed by atoms with van der Waals surface area (Å²) < 4.78 is 2.19. The fourth-order valence-corrected chi connectivity index (χ4v) is 3.34. The summed E-state index contributed by atoms with van der Waals surface area (Å²) in [5.41, 5.74) is 6.72. The Kier molecular flexibility index (Phi) is 4.74. The van der Waals surface area contributed by atoms with Gasteiger partial charge < -0.3 is 11.1 Å². The molecule has 3 N–H and O–H groups in total. The van der Waals surface area contributed by atoms with Crippen LogP contribution in [-0.4, -0.2) is 36.6 Å². The normalized spacial score (nSPS) is 10.7. The summed E-state index contributed by atoms with van der Waals surface area (Å²) in [5, 5.41) is 15.3. The van der Waals surface area contributed by atoms with E-state index in [1.54, 1.807) is 22.9 Å². The van der Waals surface area contributed by atoms with E-state index in [1.807, 2.05) is 0 Å². The lowest BCUT2D eigenvalue weighted by Gasteiger charge is -2.11. The topological polar surface area (TPSA) is 112 Å². The quantitative estimate of drug-likeness (QED) is 0.664. The van der Waals surface area contributed by atoms with Crippen LogP contribution in [0.25, 0.3) is 5.69 Å². The highest BCUT2D eigenvalue weighted by atomic mass is 35.5. The number of hydrogen-bond acceptors (Lipinski definition) is 8. The number of amides is 1. The lowest BCUT2D eigenvalue weighted by molar-refractivity contribution is -0.113. The van der Waals surface area contributed by atoms with E-state index in [4.69, 9.17) is 17.3 Å². The largest absolute Gasteiger partial charge is 0.374 e. The van der Waals surface area contributed by atoms with Gasteiger partial charge in [0.25, 0.3) is 0 Å². The van der Waals surface area contributed by atoms with Crippen molar-refractivity contribution in [2.45, 2.75) is 4.34 Å². The molecule has 0 saturated carbocycles. The Labute approximate surface area is 144 Å². The van der Waals surface area contributed by atoms with E-state index in [0.717, 1.165) is 0 Å². The average Bonchev–Trinajstić information content (AvgIpc) is 3.17. The summed E-state index contributed by atoms with van der Waals surface area (Å²) >= 11 is 8.50. The van der Waals surface area contributed by atoms with E-state index in [1.165, 1.54) is 35.8 Å². The Morgan fingerprint density at radius 1 is 1.43 bits per heavy atom. The Balaban J connectivity index is 1.71. The molecule has 1 amide bonds. The third kappa shape index (κ3) is 3.97. The number of carbonyl (C=O) groups excluding carboxylic acids is 1. The van der Waals surface area contributed by atoms with Crippen molar-refractivity contribution in [2.24, 2.45) is 0 Å². The molecule has 2 heterocycles. The van der Waals surface area contributed by atoms with E-state index in [-0.39, 0.29) is 11.7 Å². The number of carbonyl (C=O) groups is 1. The number of thioether (sulfide) groups is 1. The second-order valence-corrected chi connectivity index (χ2v) is 6.91. The molecule has 0 aliphatic rings. The van der Waals surface area contributed by atoms with Gasteiger partial charge >= 0.3 is 0 Å². The Morgan fingerprint density at radius 3 is 3.00 bits per heavy atom. The average molecular weight is 368 g/mol. The van der Waals surface area contributed by atoms with Crippen molar-refractivity contribution in [3.05, 3.63) is 35.9 Å². The van der Waals surface area contributed by atoms with Gasteiger partial charge in [-0.2, -0.15) is 5.10 Å². The Bertz CT molecular complexity index is 821. The number of aromatic nitrogens is 5. The number of benzene rings is 1. The maximum atomic E-state index is 12.1. The van der Waals surface area contributed by atoms with Crippen molar-refractivity contribution in [3.63, 3.8) is 0 Å². The Hall–Kier alpha value is -2.17. The second-order valence-electron chi connectivity index (χ2n) is 4.24. The Morgan fingerprint density at radius 2 is 2.30 bits per heavy atom. The van der Waals surface area contributed by atoms with Gasteiger partial charge in [0.2, 0.25) is 11.0 Å². The van der Waals surface area contributed by atoms with Crippen LogP contribution in [0.5, 0.6) is 0 Å². The van der Waals surface area contributed by atoms with Crippen molar-refractivity contribution in [1.82, 2.24) is 25.0 Å². The van der Waals surface area contributed by atoms with Crippen LogP contribution in [0.1, 0.15) is 0 Å². The molecule has 1 aromatic carbocycles. The number of nitrogens with two attached hydrogens (primary N) is 1. The molecule has 3 aromatic rings. The van der Waals surface area contributed by atoms with E-state index in [9.17, 15) is 4.79 Å². The highest BCUT2D eigenvalue weighted by Gasteiger charge is 2.11. The molecule has 0 aliphatic heterocycles. The van der Waals surface area contributed by atoms with E-state index in [0.29, 0.717) is 25.9 Å². The molecular weight excluding hydrogens is 358 g/mol. The number of halogens is 1. The molecule has 2 aromatic heterocycles. The van der Waals surface area contributed by atoms with E-state index < -0.39 is 0 Å². The summed E-state index contributed by atoms with van der Waals surface area (Å²) in [7, 11) is 0. The first-order valence-electron chi connectivity index (χ1n) is 6.28. The number of nitrogens with zero attached hydrogens (tertiary/aromatic N) is 5. The summed E-state index contributed by atoms with van der Waals surface area (Å²) in [4.78, 5) is 16.0. The molecule has 0 atom stereocenters. The zero-order valence-electron chi connectivity index (χ0n) is 11.5. The lowest BCUT2D eigenvalue weighted by atomic mass is 10.2. The summed E-state index contributed by atoms with van der Waals surface area (Å²) in [6, 6.07) is 5.13. The first-order valence-corrected chi connectivity index (χ1v) is 8.46. The van der Waals surface area contributed by atoms with Gasteiger partial charge in [-0.05, 0) is 18.2 Å². The zero-order valence-corrected chi connectivity index (χ0v) is 13.9. The van der Waals surface area contributed by atoms with Crippen LogP contribution in [0.4, 0.5) is 10.8 Å². The van der Waals surface area contributed by atoms with Crippen molar-refractivity contribution >= 4 is 51.4 Å². The molecule has 3 rings (SSSR count). The number of nitrogen functional groups attached to an aromatic ring is 1. The predicted molar refractivity (Wildman–Crippen MR) is 90.0 cm³/mol. The number of rotatable bonds is 5. The molecule has 23 heavy (non-hydrogen) atoms. The van der Waals surface area contributed by atoms with E-state index in [2.05, 4.69) is 25.6 Å². The molecule has 8 nitrogen and oxygen atoms in total. The smallest absolute Gasteiger partial charge is 0.234 e. The minimum Gasteiger partial charge on any atom is -0.374 e. The maximum Gasteiger partial charge on any atom is 0.234 e. The van der Waals surface area contributed by atoms with Crippen LogP contribution in [0.2, 0.25) is 5.02 Å². The van der Waals surface area contributed by atoms with Crippen LogP contribution in [0.3, 0.4) is 0 Å². The van der Waals surface area contributed by atoms with Gasteiger partial charge in [0, 0.05) is 5.02 Å². The van der Waals surface area contributed by atoms with Gasteiger partial charge in [-0.15, -0.1) is 10.2 Å². The third-order valence-electron chi connectivity index (χ3n) is 2.65. The van der Waals surface area contributed by atoms with Gasteiger partial charge in [-0.3, -0.25) is 4.79 Å². The molecule has 0 saturated heterocycles. The van der Waals surface area contributed by atoms with E-state index >= 15 is 0 Å². The van der Waals surface area contributed by atoms with Gasteiger partial charge in [0.1, 0.15) is 12.7 Å². The lowest BCUT2D eigenvalue weighted by Crippen LogP contribution is -2.16. The maximum absolute atomic E-state index is 12.1. The summed E-state index contributed by atoms with van der Waals surface area (Å²) in [5.74, 6) is -0.0230. The molecule has 0 unspecified atom stereocenters. The molecule has 11 heteroatoms. The fraction of sp³-hybridized carbons (Fsp3) is 0.0833. The van der Waals surface area contributed by atoms with Gasteiger partial charge in [0.05, 0.1) is 17.1 Å². The zero-order chi connectivity index (χ0) is 16.2. The minimum absolute atomic E-state index is 0.179. The molecule has 0 bridgehead atoms. The van der Waals surface area contributed by atoms with Crippen molar-refractivity contribution < 1.29 is 4.79 Å². The van der Waals surface area contributed by atoms with Crippen LogP contribution in [-0.2, 0) is 4.79 Å². The number of hydrogen-bond donors (Lipinski definition) is 2. The standard InChI is InChI=1S/C12H10ClN7OS2/c13-7-1-2-9(20-6-15-5-16-20)8(3-7)17-10(21)4-22-12-19-18-11(14)23-12/h1-3,5-6H,4H2,(H2,14,18)(H,17,21). The molecule has 0 aliphatic carbocycles. The predicted octanol–water partition coefficient (Wildman–Crippen LogP) is 2.09. The first kappa shape index (κ1) is 15.7. The van der Waals surface area contributed by atoms with Gasteiger partial charge in [0.15, 0.2) is 4.34 Å². The summed E-state index contributed by atoms with van der Waals surface area (Å²) in [6.07, 6.45) is 2.95. The molecule has 0 spiro atoms. The van der Waals surface area contributed by atoms with Crippen LogP contribution < -0.4 is 11.1 Å². The van der Waals surface area contributed by atoms with Gasteiger partial charge in [-0.1, -0.05) is 34.7 Å². The molecule has 118 valence electrons. The SMILES string of the molecule is Nc1nnc(SCC(=O)Nc2cc(Cl)ccc2-n2cncn2)s1. The molecular formula is C12H10ClN7OS2. The molecule has 0 fully saturated rings. The monoisotopic (exact) mass is 367 g/mol. The third-order valence-corrected chi connectivity index (χ3v) is 4.77. The highest BCUT2D eigenvalue weighted by molar-refractivity contribution is 8.01. The van der Waals surface area contributed by atoms with Crippen molar-refractivity contribution in [1.29, 1.82) is 0 Å². The highest BCUT2D eigenvalue weighted by Crippen LogP contribution is 2.26. The second kappa shape index (κ2) is 6.94. The van der Waals surface area contributed by atoms with Crippen LogP contribution >= 0.6 is 34.7 Å².